The minimum atomic E-state index is -3.69. The fraction of sp³-hybridized carbons (Fsp3) is 0.278. The molecule has 0 atom stereocenters. The van der Waals surface area contributed by atoms with Gasteiger partial charge in [-0.2, -0.15) is 8.42 Å². The van der Waals surface area contributed by atoms with Crippen LogP contribution < -0.4 is 14.9 Å². The summed E-state index contributed by atoms with van der Waals surface area (Å²) >= 11 is 0. The van der Waals surface area contributed by atoms with Gasteiger partial charge in [0.2, 0.25) is 5.10 Å². The molecule has 0 unspecified atom stereocenters. The predicted octanol–water partition coefficient (Wildman–Crippen LogP) is 0.477. The quantitative estimate of drug-likeness (QED) is 0.217. The van der Waals surface area contributed by atoms with Crippen LogP contribution in [0.15, 0.2) is 54.6 Å². The van der Waals surface area contributed by atoms with Crippen LogP contribution in [0.1, 0.15) is 5.56 Å². The fourth-order valence-corrected chi connectivity index (χ4v) is 3.58. The van der Waals surface area contributed by atoms with Crippen molar-refractivity contribution in [1.82, 2.24) is 5.10 Å². The first kappa shape index (κ1) is 20.7. The van der Waals surface area contributed by atoms with Gasteiger partial charge in [-0.1, -0.05) is 42.5 Å². The van der Waals surface area contributed by atoms with Crippen molar-refractivity contribution < 1.29 is 26.9 Å². The van der Waals surface area contributed by atoms with Crippen molar-refractivity contribution in [1.29, 1.82) is 0 Å². The monoisotopic (exact) mass is 420 g/mol. The average molecular weight is 420 g/mol. The number of aromatic nitrogens is 3. The molecule has 0 amide bonds. The number of nitrogens with one attached hydrogen (secondary N) is 1. The van der Waals surface area contributed by atoms with Gasteiger partial charge in [-0.15, -0.1) is 0 Å². The SMILES string of the molecule is O=S(=O)(Cc1ccccc1)OCCOCCNc1n[n+]([O-])c2ccccc2[n+]1[O-]. The highest BCUT2D eigenvalue weighted by Crippen LogP contribution is 2.07. The van der Waals surface area contributed by atoms with Gasteiger partial charge in [0.15, 0.2) is 5.52 Å². The van der Waals surface area contributed by atoms with Gasteiger partial charge < -0.3 is 15.2 Å². The molecule has 1 N–H and O–H groups in total. The number of benzene rings is 2. The molecule has 0 saturated heterocycles. The first-order valence-electron chi connectivity index (χ1n) is 8.81. The molecule has 29 heavy (non-hydrogen) atoms. The van der Waals surface area contributed by atoms with E-state index < -0.39 is 10.1 Å². The van der Waals surface area contributed by atoms with E-state index in [2.05, 4.69) is 10.4 Å². The normalized spacial score (nSPS) is 11.6. The van der Waals surface area contributed by atoms with E-state index in [-0.39, 0.29) is 49.1 Å². The second-order valence-corrected chi connectivity index (χ2v) is 7.67. The molecule has 0 radical (unpaired) electrons. The molecular weight excluding hydrogens is 400 g/mol. The van der Waals surface area contributed by atoms with Gasteiger partial charge in [0.25, 0.3) is 15.6 Å². The lowest BCUT2D eigenvalue weighted by Crippen LogP contribution is -2.44. The highest BCUT2D eigenvalue weighted by molar-refractivity contribution is 7.85. The minimum absolute atomic E-state index is 0.0553. The summed E-state index contributed by atoms with van der Waals surface area (Å²) in [6.45, 7) is 0.297. The lowest BCUT2D eigenvalue weighted by Gasteiger charge is -2.10. The lowest BCUT2D eigenvalue weighted by atomic mass is 10.2. The highest BCUT2D eigenvalue weighted by Gasteiger charge is 2.19. The molecule has 1 heterocycles. The largest absolute Gasteiger partial charge is 0.739 e. The molecule has 0 spiro atoms. The third kappa shape index (κ3) is 5.73. The van der Waals surface area contributed by atoms with Crippen molar-refractivity contribution in [3.8, 4) is 0 Å². The van der Waals surface area contributed by atoms with Crippen molar-refractivity contribution in [2.24, 2.45) is 0 Å². The van der Waals surface area contributed by atoms with E-state index in [1.54, 1.807) is 42.5 Å². The summed E-state index contributed by atoms with van der Waals surface area (Å²) in [5, 5.41) is 30.4. The van der Waals surface area contributed by atoms with Crippen molar-refractivity contribution in [2.75, 3.05) is 31.7 Å². The van der Waals surface area contributed by atoms with E-state index in [4.69, 9.17) is 8.92 Å². The second-order valence-electron chi connectivity index (χ2n) is 6.03. The van der Waals surface area contributed by atoms with Crippen LogP contribution in [0.2, 0.25) is 0 Å². The maximum Gasteiger partial charge on any atom is 0.461 e. The molecule has 11 heteroatoms. The topological polar surface area (TPSA) is 131 Å². The van der Waals surface area contributed by atoms with E-state index in [0.29, 0.717) is 15.1 Å². The Balaban J connectivity index is 1.39. The molecule has 2 aromatic carbocycles. The van der Waals surface area contributed by atoms with E-state index >= 15 is 0 Å². The number of nitrogens with zero attached hydrogens (tertiary/aromatic N) is 3. The number of hydrogen-bond donors (Lipinski definition) is 1. The number of rotatable bonds is 10. The summed E-state index contributed by atoms with van der Waals surface area (Å²) in [5.74, 6) is -0.356. The average Bonchev–Trinajstić information content (AvgIpc) is 2.71. The smallest absolute Gasteiger partial charge is 0.461 e. The van der Waals surface area contributed by atoms with Gasteiger partial charge in [0.1, 0.15) is 5.75 Å². The molecular formula is C18H20N4O6S. The molecule has 0 fully saturated rings. The Kier molecular flexibility index (Phi) is 6.75. The van der Waals surface area contributed by atoms with Gasteiger partial charge in [0.05, 0.1) is 26.4 Å². The molecule has 0 aliphatic heterocycles. The zero-order valence-electron chi connectivity index (χ0n) is 15.4. The van der Waals surface area contributed by atoms with Crippen molar-refractivity contribution in [3.63, 3.8) is 0 Å². The molecule has 0 saturated carbocycles. The summed E-state index contributed by atoms with van der Waals surface area (Å²) in [7, 11) is -3.69. The van der Waals surface area contributed by atoms with Crippen LogP contribution in [0, 0.1) is 10.4 Å². The molecule has 3 rings (SSSR count). The number of fused-ring (bicyclic) bond motifs is 1. The summed E-state index contributed by atoms with van der Waals surface area (Å²) < 4.78 is 34.5. The van der Waals surface area contributed by atoms with Crippen LogP contribution in [-0.4, -0.2) is 39.9 Å². The number of ether oxygens (including phenoxy) is 1. The molecule has 0 bridgehead atoms. The van der Waals surface area contributed by atoms with Crippen LogP contribution >= 0.6 is 0 Å². The van der Waals surface area contributed by atoms with Crippen molar-refractivity contribution in [2.45, 2.75) is 5.75 Å². The third-order valence-electron chi connectivity index (χ3n) is 3.89. The summed E-state index contributed by atoms with van der Waals surface area (Å²) in [6, 6.07) is 15.0. The van der Waals surface area contributed by atoms with E-state index in [1.165, 1.54) is 12.1 Å². The number of hydrogen-bond acceptors (Lipinski definition) is 8. The molecule has 0 aliphatic rings. The maximum atomic E-state index is 12.2. The molecule has 3 aromatic rings. The highest BCUT2D eigenvalue weighted by atomic mass is 32.2. The van der Waals surface area contributed by atoms with Crippen LogP contribution in [-0.2, 0) is 24.8 Å². The Morgan fingerprint density at radius 3 is 2.38 bits per heavy atom. The Bertz CT molecular complexity index is 1060. The first-order valence-corrected chi connectivity index (χ1v) is 10.4. The van der Waals surface area contributed by atoms with E-state index in [0.717, 1.165) is 0 Å². The van der Waals surface area contributed by atoms with Crippen LogP contribution in [0.25, 0.3) is 11.0 Å². The van der Waals surface area contributed by atoms with Crippen molar-refractivity contribution >= 4 is 27.1 Å². The molecule has 1 aromatic heterocycles. The third-order valence-corrected chi connectivity index (χ3v) is 5.10. The van der Waals surface area contributed by atoms with Crippen LogP contribution in [0.5, 0.6) is 0 Å². The fourth-order valence-electron chi connectivity index (χ4n) is 2.58. The first-order chi connectivity index (χ1) is 14.0. The van der Waals surface area contributed by atoms with E-state index in [1.807, 2.05) is 0 Å². The Morgan fingerprint density at radius 1 is 0.931 bits per heavy atom. The minimum Gasteiger partial charge on any atom is -0.739 e. The Labute approximate surface area is 167 Å². The standard InChI is InChI=1S/C18H20N4O6S/c23-21-16-8-4-5-9-17(16)22(24)20-18(21)19-10-11-27-12-13-28-29(25,26)14-15-6-2-1-3-7-15/h1-9H,10-14H2,(H,19,20). The Morgan fingerprint density at radius 2 is 1.62 bits per heavy atom. The maximum absolute atomic E-state index is 12.2. The Hall–Kier alpha value is -3.02. The molecule has 154 valence electrons. The number of anilines is 1. The van der Waals surface area contributed by atoms with Gasteiger partial charge in [-0.25, -0.2) is 4.73 Å². The van der Waals surface area contributed by atoms with Crippen LogP contribution in [0.4, 0.5) is 5.95 Å². The van der Waals surface area contributed by atoms with Crippen molar-refractivity contribution in [3.05, 3.63) is 70.6 Å². The van der Waals surface area contributed by atoms with Gasteiger partial charge in [-0.3, -0.25) is 9.50 Å². The number of para-hydroxylation sites is 2. The van der Waals surface area contributed by atoms with Gasteiger partial charge >= 0.3 is 5.95 Å². The molecule has 0 aliphatic carbocycles. The summed E-state index contributed by atoms with van der Waals surface area (Å²) in [6.07, 6.45) is 0. The summed E-state index contributed by atoms with van der Waals surface area (Å²) in [5.41, 5.74) is 0.998. The zero-order chi connectivity index (χ0) is 20.7. The summed E-state index contributed by atoms with van der Waals surface area (Å²) in [4.78, 5) is 0.373. The van der Waals surface area contributed by atoms with Crippen LogP contribution in [0.3, 0.4) is 0 Å². The molecule has 10 nitrogen and oxygen atoms in total. The van der Waals surface area contributed by atoms with E-state index in [9.17, 15) is 18.8 Å². The van der Waals surface area contributed by atoms with Gasteiger partial charge in [-0.05, 0) is 11.6 Å². The zero-order valence-corrected chi connectivity index (χ0v) is 16.2. The second kappa shape index (κ2) is 9.45. The predicted molar refractivity (Wildman–Crippen MR) is 104 cm³/mol. The lowest BCUT2D eigenvalue weighted by molar-refractivity contribution is -0.672. The van der Waals surface area contributed by atoms with Gasteiger partial charge in [0, 0.05) is 10.9 Å².